The number of anilines is 1. The Balaban J connectivity index is 2.92. The minimum atomic E-state index is -0.787. The van der Waals surface area contributed by atoms with Gasteiger partial charge < -0.3 is 19.5 Å². The number of rotatable bonds is 9. The predicted molar refractivity (Wildman–Crippen MR) is 83.5 cm³/mol. The van der Waals surface area contributed by atoms with Gasteiger partial charge in [-0.25, -0.2) is 0 Å². The molecule has 0 spiro atoms. The van der Waals surface area contributed by atoms with Gasteiger partial charge in [0.2, 0.25) is 0 Å². The molecule has 1 N–H and O–H groups in total. The zero-order valence-corrected chi connectivity index (χ0v) is 13.3. The quantitative estimate of drug-likeness (QED) is 0.759. The normalized spacial score (nSPS) is 10.5. The number of carbonyl (C=O) groups is 1. The second kappa shape index (κ2) is 8.39. The summed E-state index contributed by atoms with van der Waals surface area (Å²) in [4.78, 5) is 12.9. The number of aliphatic carboxylic acids is 1. The number of hydrogen-bond acceptors (Lipinski definition) is 4. The maximum atomic E-state index is 10.8. The molecule has 0 atom stereocenters. The molecule has 1 aromatic carbocycles. The SMILES string of the molecule is COc1ccc(N(CCC(=O)O)CCC(C)C)cc1OC. The van der Waals surface area contributed by atoms with E-state index >= 15 is 0 Å². The fourth-order valence-electron chi connectivity index (χ4n) is 2.04. The van der Waals surface area contributed by atoms with Crippen molar-refractivity contribution in [3.8, 4) is 11.5 Å². The third kappa shape index (κ3) is 5.53. The molecule has 5 heteroatoms. The average Bonchev–Trinajstić information content (AvgIpc) is 2.46. The van der Waals surface area contributed by atoms with Crippen LogP contribution in [0.15, 0.2) is 18.2 Å². The number of carboxylic acids is 1. The maximum absolute atomic E-state index is 10.8. The topological polar surface area (TPSA) is 59.0 Å². The summed E-state index contributed by atoms with van der Waals surface area (Å²) in [6, 6.07) is 5.67. The molecule has 0 amide bonds. The lowest BCUT2D eigenvalue weighted by atomic mass is 10.1. The summed E-state index contributed by atoms with van der Waals surface area (Å²) in [7, 11) is 3.19. The highest BCUT2D eigenvalue weighted by molar-refractivity contribution is 5.68. The van der Waals surface area contributed by atoms with Gasteiger partial charge in [0.15, 0.2) is 11.5 Å². The van der Waals surface area contributed by atoms with E-state index in [2.05, 4.69) is 18.7 Å². The van der Waals surface area contributed by atoms with Gasteiger partial charge in [-0.15, -0.1) is 0 Å². The second-order valence-electron chi connectivity index (χ2n) is 5.35. The second-order valence-corrected chi connectivity index (χ2v) is 5.35. The minimum absolute atomic E-state index is 0.117. The van der Waals surface area contributed by atoms with Gasteiger partial charge in [-0.3, -0.25) is 4.79 Å². The van der Waals surface area contributed by atoms with E-state index in [1.165, 1.54) is 0 Å². The van der Waals surface area contributed by atoms with Crippen molar-refractivity contribution in [3.05, 3.63) is 18.2 Å². The molecule has 0 saturated carbocycles. The molecule has 0 heterocycles. The Hall–Kier alpha value is -1.91. The highest BCUT2D eigenvalue weighted by atomic mass is 16.5. The number of benzene rings is 1. The molecule has 0 aliphatic rings. The number of hydrogen-bond donors (Lipinski definition) is 1. The first-order valence-corrected chi connectivity index (χ1v) is 7.16. The molecule has 118 valence electrons. The lowest BCUT2D eigenvalue weighted by Crippen LogP contribution is -2.28. The molecule has 0 saturated heterocycles. The molecule has 0 fully saturated rings. The zero-order chi connectivity index (χ0) is 15.8. The van der Waals surface area contributed by atoms with E-state index in [1.807, 2.05) is 18.2 Å². The molecule has 0 aliphatic carbocycles. The van der Waals surface area contributed by atoms with Gasteiger partial charge in [-0.1, -0.05) is 13.8 Å². The number of nitrogens with zero attached hydrogens (tertiary/aromatic N) is 1. The molecule has 1 rings (SSSR count). The van der Waals surface area contributed by atoms with Gasteiger partial charge >= 0.3 is 5.97 Å². The van der Waals surface area contributed by atoms with E-state index in [1.54, 1.807) is 14.2 Å². The van der Waals surface area contributed by atoms with Crippen molar-refractivity contribution in [2.45, 2.75) is 26.7 Å². The highest BCUT2D eigenvalue weighted by Crippen LogP contribution is 2.31. The lowest BCUT2D eigenvalue weighted by molar-refractivity contribution is -0.136. The van der Waals surface area contributed by atoms with E-state index < -0.39 is 5.97 Å². The van der Waals surface area contributed by atoms with Crippen LogP contribution in [0.3, 0.4) is 0 Å². The van der Waals surface area contributed by atoms with Crippen molar-refractivity contribution < 1.29 is 19.4 Å². The Morgan fingerprint density at radius 3 is 2.38 bits per heavy atom. The van der Waals surface area contributed by atoms with E-state index in [0.29, 0.717) is 24.0 Å². The standard InChI is InChI=1S/C16H25NO4/c1-12(2)7-9-17(10-8-16(18)19)13-5-6-14(20-3)15(11-13)21-4/h5-6,11-12H,7-10H2,1-4H3,(H,18,19). The molecule has 5 nitrogen and oxygen atoms in total. The Bertz CT molecular complexity index is 460. The summed E-state index contributed by atoms with van der Waals surface area (Å²) in [6.45, 7) is 5.62. The van der Waals surface area contributed by atoms with Crippen molar-refractivity contribution in [1.29, 1.82) is 0 Å². The zero-order valence-electron chi connectivity index (χ0n) is 13.3. The number of ether oxygens (including phenoxy) is 2. The van der Waals surface area contributed by atoms with Crippen molar-refractivity contribution in [1.82, 2.24) is 0 Å². The Morgan fingerprint density at radius 1 is 1.19 bits per heavy atom. The average molecular weight is 295 g/mol. The van der Waals surface area contributed by atoms with E-state index in [-0.39, 0.29) is 6.42 Å². The monoisotopic (exact) mass is 295 g/mol. The number of methoxy groups -OCH3 is 2. The van der Waals surface area contributed by atoms with Gasteiger partial charge in [0.05, 0.1) is 20.6 Å². The first kappa shape index (κ1) is 17.1. The van der Waals surface area contributed by atoms with Gasteiger partial charge in [0.25, 0.3) is 0 Å². The molecule has 0 radical (unpaired) electrons. The fraction of sp³-hybridized carbons (Fsp3) is 0.562. The highest BCUT2D eigenvalue weighted by Gasteiger charge is 2.12. The van der Waals surface area contributed by atoms with Crippen LogP contribution >= 0.6 is 0 Å². The summed E-state index contributed by atoms with van der Waals surface area (Å²) in [5, 5.41) is 8.90. The third-order valence-electron chi connectivity index (χ3n) is 3.30. The van der Waals surface area contributed by atoms with Crippen molar-refractivity contribution in [2.24, 2.45) is 5.92 Å². The molecule has 0 unspecified atom stereocenters. The third-order valence-corrected chi connectivity index (χ3v) is 3.30. The van der Waals surface area contributed by atoms with Crippen molar-refractivity contribution in [2.75, 3.05) is 32.2 Å². The van der Waals surface area contributed by atoms with Crippen LogP contribution in [0.2, 0.25) is 0 Å². The summed E-state index contributed by atoms with van der Waals surface area (Å²) in [5.41, 5.74) is 0.953. The first-order chi connectivity index (χ1) is 9.97. The first-order valence-electron chi connectivity index (χ1n) is 7.16. The Kier molecular flexibility index (Phi) is 6.85. The van der Waals surface area contributed by atoms with Crippen LogP contribution in [0, 0.1) is 5.92 Å². The molecular formula is C16H25NO4. The molecular weight excluding hydrogens is 270 g/mol. The smallest absolute Gasteiger partial charge is 0.305 e. The Labute approximate surface area is 126 Å². The van der Waals surface area contributed by atoms with Crippen LogP contribution < -0.4 is 14.4 Å². The van der Waals surface area contributed by atoms with Gasteiger partial charge in [-0.05, 0) is 24.5 Å². The molecule has 21 heavy (non-hydrogen) atoms. The van der Waals surface area contributed by atoms with Crippen LogP contribution in [0.5, 0.6) is 11.5 Å². The van der Waals surface area contributed by atoms with E-state index in [9.17, 15) is 4.79 Å². The minimum Gasteiger partial charge on any atom is -0.493 e. The van der Waals surface area contributed by atoms with Crippen molar-refractivity contribution >= 4 is 11.7 Å². The van der Waals surface area contributed by atoms with E-state index in [4.69, 9.17) is 14.6 Å². The molecule has 0 bridgehead atoms. The van der Waals surface area contributed by atoms with Crippen LogP contribution in [-0.4, -0.2) is 38.4 Å². The molecule has 0 aliphatic heterocycles. The maximum Gasteiger partial charge on any atom is 0.305 e. The lowest BCUT2D eigenvalue weighted by Gasteiger charge is -2.26. The van der Waals surface area contributed by atoms with Crippen LogP contribution in [0.25, 0.3) is 0 Å². The van der Waals surface area contributed by atoms with Crippen LogP contribution in [0.4, 0.5) is 5.69 Å². The molecule has 0 aromatic heterocycles. The summed E-state index contributed by atoms with van der Waals surface area (Å²) >= 11 is 0. The van der Waals surface area contributed by atoms with Gasteiger partial charge in [0.1, 0.15) is 0 Å². The van der Waals surface area contributed by atoms with E-state index in [0.717, 1.165) is 18.7 Å². The predicted octanol–water partition coefficient (Wildman–Crippen LogP) is 3.03. The summed E-state index contributed by atoms with van der Waals surface area (Å²) in [6.07, 6.45) is 1.13. The summed E-state index contributed by atoms with van der Waals surface area (Å²) in [5.74, 6) is 1.10. The van der Waals surface area contributed by atoms with Gasteiger partial charge in [0, 0.05) is 24.8 Å². The Morgan fingerprint density at radius 2 is 1.86 bits per heavy atom. The summed E-state index contributed by atoms with van der Waals surface area (Å²) < 4.78 is 10.5. The largest absolute Gasteiger partial charge is 0.493 e. The fourth-order valence-corrected chi connectivity index (χ4v) is 2.04. The molecule has 1 aromatic rings. The van der Waals surface area contributed by atoms with Crippen LogP contribution in [0.1, 0.15) is 26.7 Å². The van der Waals surface area contributed by atoms with Gasteiger partial charge in [-0.2, -0.15) is 0 Å². The number of carboxylic acid groups (broad SMARTS) is 1. The van der Waals surface area contributed by atoms with Crippen molar-refractivity contribution in [3.63, 3.8) is 0 Å². The van der Waals surface area contributed by atoms with Crippen LogP contribution in [-0.2, 0) is 4.79 Å².